The summed E-state index contributed by atoms with van der Waals surface area (Å²) in [6, 6.07) is 0. The lowest BCUT2D eigenvalue weighted by molar-refractivity contribution is -0.143. The fourth-order valence-electron chi connectivity index (χ4n) is 1.26. The van der Waals surface area contributed by atoms with Crippen LogP contribution < -0.4 is 16.6 Å². The molecule has 3 N–H and O–H groups in total. The summed E-state index contributed by atoms with van der Waals surface area (Å²) in [5.74, 6) is -0.424. The van der Waals surface area contributed by atoms with Gasteiger partial charge in [-0.05, 0) is 6.92 Å². The molecular weight excluding hydrogens is 260 g/mol. The fraction of sp³-hybridized carbons (Fsp3) is 0.500. The fourth-order valence-corrected chi connectivity index (χ4v) is 1.45. The van der Waals surface area contributed by atoms with E-state index in [1.54, 1.807) is 6.92 Å². The van der Waals surface area contributed by atoms with Crippen molar-refractivity contribution < 1.29 is 9.53 Å². The van der Waals surface area contributed by atoms with Gasteiger partial charge in [0.1, 0.15) is 11.7 Å². The Balaban J connectivity index is 2.95. The number of halogens is 1. The minimum atomic E-state index is -0.530. The van der Waals surface area contributed by atoms with Crippen molar-refractivity contribution in [2.45, 2.75) is 13.5 Å². The van der Waals surface area contributed by atoms with Gasteiger partial charge in [-0.1, -0.05) is 11.6 Å². The third kappa shape index (κ3) is 3.71. The van der Waals surface area contributed by atoms with E-state index in [-0.39, 0.29) is 24.1 Å². The molecule has 1 aromatic heterocycles. The van der Waals surface area contributed by atoms with E-state index >= 15 is 0 Å². The van der Waals surface area contributed by atoms with Crippen molar-refractivity contribution in [2.24, 2.45) is 5.73 Å². The molecule has 0 amide bonds. The number of nitrogens with one attached hydrogen (secondary N) is 1. The molecule has 0 spiro atoms. The highest BCUT2D eigenvalue weighted by Crippen LogP contribution is 2.06. The van der Waals surface area contributed by atoms with Crippen molar-refractivity contribution >= 4 is 23.4 Å². The Labute approximate surface area is 109 Å². The van der Waals surface area contributed by atoms with Gasteiger partial charge in [0, 0.05) is 13.1 Å². The van der Waals surface area contributed by atoms with Gasteiger partial charge < -0.3 is 15.8 Å². The smallest absolute Gasteiger partial charge is 0.326 e. The van der Waals surface area contributed by atoms with Crippen LogP contribution in [0.3, 0.4) is 0 Å². The van der Waals surface area contributed by atoms with Gasteiger partial charge in [-0.3, -0.25) is 14.2 Å². The topological polar surface area (TPSA) is 99.2 Å². The molecule has 0 unspecified atom stereocenters. The van der Waals surface area contributed by atoms with Crippen molar-refractivity contribution in [3.05, 3.63) is 21.7 Å². The van der Waals surface area contributed by atoms with Gasteiger partial charge in [-0.2, -0.15) is 0 Å². The van der Waals surface area contributed by atoms with E-state index in [4.69, 9.17) is 22.1 Å². The number of nitrogens with zero attached hydrogens (tertiary/aromatic N) is 2. The predicted molar refractivity (Wildman–Crippen MR) is 67.7 cm³/mol. The van der Waals surface area contributed by atoms with Crippen molar-refractivity contribution in [1.29, 1.82) is 0 Å². The molecule has 1 rings (SSSR count). The second kappa shape index (κ2) is 6.97. The van der Waals surface area contributed by atoms with E-state index in [0.717, 1.165) is 4.57 Å². The molecule has 18 heavy (non-hydrogen) atoms. The largest absolute Gasteiger partial charge is 0.465 e. The summed E-state index contributed by atoms with van der Waals surface area (Å²) in [4.78, 5) is 27.1. The number of aromatic nitrogens is 2. The van der Waals surface area contributed by atoms with Gasteiger partial charge in [0.15, 0.2) is 5.82 Å². The third-order valence-corrected chi connectivity index (χ3v) is 2.34. The van der Waals surface area contributed by atoms with E-state index in [1.807, 2.05) is 0 Å². The average Bonchev–Trinajstić information content (AvgIpc) is 2.34. The lowest BCUT2D eigenvalue weighted by Crippen LogP contribution is -2.30. The first-order valence-corrected chi connectivity index (χ1v) is 5.82. The van der Waals surface area contributed by atoms with Crippen LogP contribution >= 0.6 is 11.6 Å². The predicted octanol–water partition coefficient (Wildman–Crippen LogP) is -0.170. The highest BCUT2D eigenvalue weighted by Gasteiger charge is 2.12. The highest BCUT2D eigenvalue weighted by molar-refractivity contribution is 6.29. The number of esters is 1. The maximum Gasteiger partial charge on any atom is 0.326 e. The molecule has 1 aromatic rings. The van der Waals surface area contributed by atoms with Crippen LogP contribution in [0.15, 0.2) is 11.0 Å². The lowest BCUT2D eigenvalue weighted by atomic mass is 10.5. The monoisotopic (exact) mass is 274 g/mol. The number of hydrogen-bond donors (Lipinski definition) is 2. The second-order valence-corrected chi connectivity index (χ2v) is 3.73. The first-order chi connectivity index (χ1) is 8.60. The number of ether oxygens (including phenoxy) is 1. The number of anilines is 1. The van der Waals surface area contributed by atoms with Crippen LogP contribution in [0.25, 0.3) is 0 Å². The summed E-state index contributed by atoms with van der Waals surface area (Å²) in [6.45, 7) is 2.45. The van der Waals surface area contributed by atoms with Crippen molar-refractivity contribution in [3.63, 3.8) is 0 Å². The van der Waals surface area contributed by atoms with Crippen LogP contribution in [0.5, 0.6) is 0 Å². The third-order valence-electron chi connectivity index (χ3n) is 2.04. The first-order valence-electron chi connectivity index (χ1n) is 5.45. The Morgan fingerprint density at radius 3 is 3.00 bits per heavy atom. The van der Waals surface area contributed by atoms with E-state index in [1.165, 1.54) is 6.20 Å². The highest BCUT2D eigenvalue weighted by atomic mass is 35.5. The van der Waals surface area contributed by atoms with E-state index in [2.05, 4.69) is 10.3 Å². The Morgan fingerprint density at radius 1 is 1.67 bits per heavy atom. The summed E-state index contributed by atoms with van der Waals surface area (Å²) in [5.41, 5.74) is 4.83. The van der Waals surface area contributed by atoms with E-state index < -0.39 is 11.5 Å². The zero-order chi connectivity index (χ0) is 13.5. The molecule has 100 valence electrons. The molecule has 0 aromatic carbocycles. The second-order valence-electron chi connectivity index (χ2n) is 3.34. The number of nitrogens with two attached hydrogens (primary N) is 1. The normalized spacial score (nSPS) is 10.2. The molecule has 0 atom stereocenters. The molecule has 0 aliphatic heterocycles. The molecular formula is C10H15ClN4O3. The van der Waals surface area contributed by atoms with Crippen LogP contribution in [0.2, 0.25) is 5.15 Å². The van der Waals surface area contributed by atoms with Gasteiger partial charge in [-0.15, -0.1) is 0 Å². The van der Waals surface area contributed by atoms with Crippen molar-refractivity contribution in [3.8, 4) is 0 Å². The molecule has 0 fully saturated rings. The molecule has 0 saturated heterocycles. The van der Waals surface area contributed by atoms with Crippen molar-refractivity contribution in [1.82, 2.24) is 9.55 Å². The Hall–Kier alpha value is -1.60. The Bertz CT molecular complexity index is 475. The summed E-state index contributed by atoms with van der Waals surface area (Å²) < 4.78 is 5.85. The van der Waals surface area contributed by atoms with Gasteiger partial charge in [0.25, 0.3) is 5.56 Å². The molecule has 0 aliphatic carbocycles. The van der Waals surface area contributed by atoms with Crippen molar-refractivity contribution in [2.75, 3.05) is 25.0 Å². The van der Waals surface area contributed by atoms with E-state index in [0.29, 0.717) is 13.1 Å². The van der Waals surface area contributed by atoms with Crippen LogP contribution in [-0.2, 0) is 16.1 Å². The molecule has 0 saturated carbocycles. The SMILES string of the molecule is CCOC(=O)Cn1c(Cl)cnc(NCCN)c1=O. The number of carbonyl (C=O) groups excluding carboxylic acids is 1. The zero-order valence-corrected chi connectivity index (χ0v) is 10.7. The van der Waals surface area contributed by atoms with E-state index in [9.17, 15) is 9.59 Å². The minimum absolute atomic E-state index is 0.0753. The quantitative estimate of drug-likeness (QED) is 0.699. The maximum atomic E-state index is 11.9. The molecule has 0 radical (unpaired) electrons. The molecule has 0 bridgehead atoms. The van der Waals surface area contributed by atoms with Gasteiger partial charge in [0.05, 0.1) is 12.8 Å². The number of carbonyl (C=O) groups is 1. The number of hydrogen-bond acceptors (Lipinski definition) is 6. The zero-order valence-electron chi connectivity index (χ0n) is 9.98. The maximum absolute atomic E-state index is 11.9. The molecule has 0 aliphatic rings. The molecule has 7 nitrogen and oxygen atoms in total. The number of rotatable bonds is 6. The van der Waals surface area contributed by atoms with Crippen LogP contribution in [0, 0.1) is 0 Å². The van der Waals surface area contributed by atoms with Crippen LogP contribution in [0.1, 0.15) is 6.92 Å². The Kier molecular flexibility index (Phi) is 5.60. The standard InChI is InChI=1S/C10H15ClN4O3/c1-2-18-8(16)6-15-7(11)5-14-9(10(15)17)13-4-3-12/h5H,2-4,6,12H2,1H3,(H,13,14). The van der Waals surface area contributed by atoms with Gasteiger partial charge in [0.2, 0.25) is 0 Å². The minimum Gasteiger partial charge on any atom is -0.465 e. The lowest BCUT2D eigenvalue weighted by Gasteiger charge is -2.10. The summed E-state index contributed by atoms with van der Waals surface area (Å²) in [6.07, 6.45) is 1.29. The first kappa shape index (κ1) is 14.5. The summed E-state index contributed by atoms with van der Waals surface area (Å²) >= 11 is 5.82. The average molecular weight is 275 g/mol. The molecule has 8 heteroatoms. The summed E-state index contributed by atoms with van der Waals surface area (Å²) in [5, 5.41) is 2.83. The molecule has 1 heterocycles. The van der Waals surface area contributed by atoms with Crippen LogP contribution in [-0.4, -0.2) is 35.2 Å². The van der Waals surface area contributed by atoms with Gasteiger partial charge in [-0.25, -0.2) is 4.98 Å². The Morgan fingerprint density at radius 2 is 2.39 bits per heavy atom. The van der Waals surface area contributed by atoms with Gasteiger partial charge >= 0.3 is 5.97 Å². The summed E-state index contributed by atoms with van der Waals surface area (Å²) in [7, 11) is 0. The van der Waals surface area contributed by atoms with Crippen LogP contribution in [0.4, 0.5) is 5.82 Å².